The van der Waals surface area contributed by atoms with Gasteiger partial charge in [-0.25, -0.2) is 22.9 Å². The molecule has 10 heteroatoms. The number of amides is 1. The highest BCUT2D eigenvalue weighted by Gasteiger charge is 2.28. The van der Waals surface area contributed by atoms with Gasteiger partial charge in [-0.1, -0.05) is 26.0 Å². The van der Waals surface area contributed by atoms with Gasteiger partial charge in [-0.3, -0.25) is 0 Å². The zero-order valence-corrected chi connectivity index (χ0v) is 22.8. The molecule has 1 saturated carbocycles. The molecule has 35 heavy (non-hydrogen) atoms. The largest absolute Gasteiger partial charge is 0.465 e. The van der Waals surface area contributed by atoms with Crippen molar-refractivity contribution in [3.63, 3.8) is 0 Å². The van der Waals surface area contributed by atoms with Gasteiger partial charge in [-0.05, 0) is 64.0 Å². The summed E-state index contributed by atoms with van der Waals surface area (Å²) < 4.78 is 35.3. The summed E-state index contributed by atoms with van der Waals surface area (Å²) in [5.74, 6) is 0.641. The third-order valence-corrected chi connectivity index (χ3v) is 8.68. The second-order valence-corrected chi connectivity index (χ2v) is 13.4. The number of carboxylic acid groups (broad SMARTS) is 1. The molecule has 194 valence electrons. The molecule has 0 saturated heterocycles. The lowest BCUT2D eigenvalue weighted by Gasteiger charge is -2.27. The summed E-state index contributed by atoms with van der Waals surface area (Å²) >= 11 is 1.51. The summed E-state index contributed by atoms with van der Waals surface area (Å²) in [5, 5.41) is 12.5. The molecule has 1 fully saturated rings. The van der Waals surface area contributed by atoms with Gasteiger partial charge in [0.2, 0.25) is 10.0 Å². The van der Waals surface area contributed by atoms with E-state index in [1.54, 1.807) is 12.3 Å². The quantitative estimate of drug-likeness (QED) is 0.408. The third-order valence-electron chi connectivity index (χ3n) is 5.69. The fourth-order valence-corrected chi connectivity index (χ4v) is 7.09. The van der Waals surface area contributed by atoms with E-state index < -0.39 is 21.7 Å². The first-order valence-electron chi connectivity index (χ1n) is 12.0. The summed E-state index contributed by atoms with van der Waals surface area (Å²) in [7, 11) is -3.79. The van der Waals surface area contributed by atoms with Gasteiger partial charge in [0.1, 0.15) is 0 Å². The molecule has 0 aliphatic heterocycles. The zero-order chi connectivity index (χ0) is 25.8. The lowest BCUT2D eigenvalue weighted by Crippen LogP contribution is -2.40. The molecule has 0 atom stereocenters. The topological polar surface area (TPSA) is 118 Å². The highest BCUT2D eigenvalue weighted by Crippen LogP contribution is 2.39. The molecule has 0 unspecified atom stereocenters. The maximum Gasteiger partial charge on any atom is 0.404 e. The van der Waals surface area contributed by atoms with Gasteiger partial charge in [-0.2, -0.15) is 0 Å². The van der Waals surface area contributed by atoms with Gasteiger partial charge in [0.05, 0.1) is 21.4 Å². The Kier molecular flexibility index (Phi) is 8.96. The predicted octanol–water partition coefficient (Wildman–Crippen LogP) is 5.35. The van der Waals surface area contributed by atoms with E-state index in [-0.39, 0.29) is 16.9 Å². The molecular formula is C25H37N3O5S2. The number of carbonyl (C=O) groups is 1. The summed E-state index contributed by atoms with van der Waals surface area (Å²) in [5.41, 5.74) is 0.805. The Labute approximate surface area is 212 Å². The molecular weight excluding hydrogens is 486 g/mol. The van der Waals surface area contributed by atoms with E-state index in [1.807, 2.05) is 32.9 Å². The maximum atomic E-state index is 13.4. The van der Waals surface area contributed by atoms with Crippen molar-refractivity contribution in [1.29, 1.82) is 0 Å². The first-order valence-corrected chi connectivity index (χ1v) is 14.3. The van der Waals surface area contributed by atoms with Gasteiger partial charge in [0.25, 0.3) is 0 Å². The highest BCUT2D eigenvalue weighted by molar-refractivity contribution is 7.89. The monoisotopic (exact) mass is 523 g/mol. The second kappa shape index (κ2) is 11.4. The van der Waals surface area contributed by atoms with E-state index in [4.69, 9.17) is 9.84 Å². The van der Waals surface area contributed by atoms with Crippen LogP contribution < -0.4 is 10.0 Å². The van der Waals surface area contributed by atoms with Crippen molar-refractivity contribution in [3.8, 4) is 10.4 Å². The minimum Gasteiger partial charge on any atom is -0.465 e. The number of thiazole rings is 1. The standard InChI is InChI=1S/C25H37N3O5S2/c1-16(2)14-33-15-17-6-11-20(22(12-17)35(31,32)28-25(3,4)5)21-13-26-23(34-21)18-7-9-19(10-8-18)27-24(29)30/h6,11-13,16,18-19,27-28H,7-10,14-15H2,1-5H3,(H,29,30)/t18-,19-. The van der Waals surface area contributed by atoms with E-state index >= 15 is 0 Å². The van der Waals surface area contributed by atoms with Crippen LogP contribution in [0.4, 0.5) is 4.79 Å². The van der Waals surface area contributed by atoms with Crippen LogP contribution in [-0.4, -0.2) is 42.8 Å². The number of hydrogen-bond donors (Lipinski definition) is 3. The van der Waals surface area contributed by atoms with Crippen LogP contribution in [0.1, 0.15) is 76.8 Å². The number of nitrogens with one attached hydrogen (secondary N) is 2. The minimum atomic E-state index is -3.79. The number of nitrogens with zero attached hydrogens (tertiary/aromatic N) is 1. The summed E-state index contributed by atoms with van der Waals surface area (Å²) in [6, 6.07) is 5.43. The normalized spacial score (nSPS) is 19.1. The van der Waals surface area contributed by atoms with Crippen LogP contribution in [0.2, 0.25) is 0 Å². The van der Waals surface area contributed by atoms with Crippen LogP contribution in [-0.2, 0) is 21.4 Å². The van der Waals surface area contributed by atoms with E-state index in [0.29, 0.717) is 24.7 Å². The molecule has 1 aromatic heterocycles. The van der Waals surface area contributed by atoms with E-state index in [1.165, 1.54) is 11.3 Å². The lowest BCUT2D eigenvalue weighted by molar-refractivity contribution is 0.0970. The SMILES string of the molecule is CC(C)COCc1ccc(-c2cnc([C@H]3CC[C@H](NC(=O)O)CC3)s2)c(S(=O)(=O)NC(C)(C)C)c1. The van der Waals surface area contributed by atoms with Crippen LogP contribution in [0.3, 0.4) is 0 Å². The number of benzene rings is 1. The lowest BCUT2D eigenvalue weighted by atomic mass is 9.86. The van der Waals surface area contributed by atoms with Gasteiger partial charge in [0.15, 0.2) is 0 Å². The molecule has 1 heterocycles. The Hall–Kier alpha value is -2.01. The van der Waals surface area contributed by atoms with Crippen LogP contribution in [0.15, 0.2) is 29.3 Å². The molecule has 1 aromatic carbocycles. The highest BCUT2D eigenvalue weighted by atomic mass is 32.2. The average Bonchev–Trinajstić information content (AvgIpc) is 3.22. The zero-order valence-electron chi connectivity index (χ0n) is 21.1. The molecule has 3 N–H and O–H groups in total. The molecule has 1 aliphatic rings. The molecule has 0 bridgehead atoms. The predicted molar refractivity (Wildman–Crippen MR) is 138 cm³/mol. The van der Waals surface area contributed by atoms with Gasteiger partial charge in [0, 0.05) is 35.9 Å². The van der Waals surface area contributed by atoms with Crippen molar-refractivity contribution in [1.82, 2.24) is 15.0 Å². The first kappa shape index (κ1) is 27.6. The maximum absolute atomic E-state index is 13.4. The molecule has 3 rings (SSSR count). The van der Waals surface area contributed by atoms with E-state index in [2.05, 4.69) is 28.9 Å². The second-order valence-electron chi connectivity index (χ2n) is 10.7. The van der Waals surface area contributed by atoms with Gasteiger partial charge < -0.3 is 15.2 Å². The number of aromatic nitrogens is 1. The number of sulfonamides is 1. The fourth-order valence-electron chi connectivity index (χ4n) is 4.21. The van der Waals surface area contributed by atoms with Crippen LogP contribution in [0.25, 0.3) is 10.4 Å². The van der Waals surface area contributed by atoms with Crippen molar-refractivity contribution < 1.29 is 23.1 Å². The molecule has 1 amide bonds. The molecule has 0 radical (unpaired) electrons. The van der Waals surface area contributed by atoms with E-state index in [0.717, 1.165) is 41.1 Å². The molecule has 1 aliphatic carbocycles. The Bertz CT molecular complexity index is 1110. The van der Waals surface area contributed by atoms with Crippen molar-refractivity contribution >= 4 is 27.5 Å². The summed E-state index contributed by atoms with van der Waals surface area (Å²) in [6.07, 6.45) is 4.00. The Morgan fingerprint density at radius 3 is 2.51 bits per heavy atom. The first-order chi connectivity index (χ1) is 16.3. The Morgan fingerprint density at radius 1 is 1.23 bits per heavy atom. The number of ether oxygens (including phenoxy) is 1. The van der Waals surface area contributed by atoms with Gasteiger partial charge >= 0.3 is 6.09 Å². The third kappa shape index (κ3) is 7.99. The average molecular weight is 524 g/mol. The van der Waals surface area contributed by atoms with Crippen molar-refractivity contribution in [2.24, 2.45) is 5.92 Å². The van der Waals surface area contributed by atoms with Crippen molar-refractivity contribution in [3.05, 3.63) is 35.0 Å². The van der Waals surface area contributed by atoms with Crippen LogP contribution in [0, 0.1) is 5.92 Å². The Balaban J connectivity index is 1.87. The van der Waals surface area contributed by atoms with Crippen molar-refractivity contribution in [2.45, 2.75) is 89.3 Å². The molecule has 2 aromatic rings. The molecule has 8 nitrogen and oxygen atoms in total. The minimum absolute atomic E-state index is 0.0196. The van der Waals surface area contributed by atoms with Gasteiger partial charge in [-0.15, -0.1) is 11.3 Å². The van der Waals surface area contributed by atoms with Crippen LogP contribution in [0.5, 0.6) is 0 Å². The van der Waals surface area contributed by atoms with E-state index in [9.17, 15) is 13.2 Å². The van der Waals surface area contributed by atoms with Crippen molar-refractivity contribution in [2.75, 3.05) is 6.61 Å². The number of rotatable bonds is 9. The summed E-state index contributed by atoms with van der Waals surface area (Å²) in [4.78, 5) is 16.6. The summed E-state index contributed by atoms with van der Waals surface area (Å²) in [6.45, 7) is 10.6. The molecule has 0 spiro atoms. The number of hydrogen-bond acceptors (Lipinski definition) is 6. The van der Waals surface area contributed by atoms with Crippen LogP contribution >= 0.6 is 11.3 Å². The fraction of sp³-hybridized carbons (Fsp3) is 0.600. The Morgan fingerprint density at radius 2 is 1.91 bits per heavy atom. The smallest absolute Gasteiger partial charge is 0.404 e.